The molecule has 1 fully saturated rings. The quantitative estimate of drug-likeness (QED) is 0.289. The molecule has 1 aromatic heterocycles. The topological polar surface area (TPSA) is 71.8 Å². The van der Waals surface area contributed by atoms with Crippen LogP contribution in [0, 0.1) is 5.92 Å². The minimum absolute atomic E-state index is 0.0294. The number of nitrogens with one attached hydrogen (secondary N) is 1. The van der Waals surface area contributed by atoms with Crippen molar-refractivity contribution in [3.05, 3.63) is 54.5 Å². The Hall–Kier alpha value is -2.25. The van der Waals surface area contributed by atoms with E-state index in [0.29, 0.717) is 17.4 Å². The van der Waals surface area contributed by atoms with Gasteiger partial charge in [-0.15, -0.1) is 11.8 Å². The third kappa shape index (κ3) is 10.0. The van der Waals surface area contributed by atoms with Crippen molar-refractivity contribution in [2.24, 2.45) is 5.92 Å². The van der Waals surface area contributed by atoms with Crippen LogP contribution in [0.2, 0.25) is 0 Å². The Bertz CT molecular complexity index is 884. The van der Waals surface area contributed by atoms with E-state index >= 15 is 0 Å². The lowest BCUT2D eigenvalue weighted by molar-refractivity contribution is -0.134. The summed E-state index contributed by atoms with van der Waals surface area (Å²) in [4.78, 5) is 27.4. The van der Waals surface area contributed by atoms with Gasteiger partial charge in [-0.25, -0.2) is 0 Å². The molecule has 2 aromatic rings. The first-order valence-corrected chi connectivity index (χ1v) is 14.5. The Balaban J connectivity index is 1.39. The molecular weight excluding hydrogens is 472 g/mol. The number of Topliss-reactive ketones (excluding diaryl/α,β-unsaturated/α-hetero) is 1. The fraction of sp³-hybridized carbons (Fsp3) is 0.586. The molecule has 198 valence electrons. The summed E-state index contributed by atoms with van der Waals surface area (Å²) in [5.74, 6) is 3.73. The van der Waals surface area contributed by atoms with E-state index in [1.807, 2.05) is 49.5 Å². The normalized spacial score (nSPS) is 15.8. The lowest BCUT2D eigenvalue weighted by Gasteiger charge is -2.27. The minimum Gasteiger partial charge on any atom is -0.484 e. The van der Waals surface area contributed by atoms with Gasteiger partial charge in [-0.3, -0.25) is 9.59 Å². The highest BCUT2D eigenvalue weighted by Gasteiger charge is 2.24. The molecule has 1 amide bonds. The average Bonchev–Trinajstić information content (AvgIpc) is 3.43. The van der Waals surface area contributed by atoms with Gasteiger partial charge in [-0.05, 0) is 62.9 Å². The van der Waals surface area contributed by atoms with Crippen LogP contribution >= 0.6 is 11.8 Å². The first kappa shape index (κ1) is 28.3. The second kappa shape index (κ2) is 15.8. The third-order valence-electron chi connectivity index (χ3n) is 7.10. The van der Waals surface area contributed by atoms with Gasteiger partial charge in [0.05, 0.1) is 23.8 Å². The number of nitrogens with zero attached hydrogens (tertiary/aromatic N) is 1. The van der Waals surface area contributed by atoms with Gasteiger partial charge in [-0.1, -0.05) is 50.3 Å². The number of thioether (sulfide) groups is 1. The highest BCUT2D eigenvalue weighted by Crippen LogP contribution is 2.28. The number of carbonyl (C=O) groups excluding carboxylic acids is 2. The lowest BCUT2D eigenvalue weighted by Crippen LogP contribution is -2.41. The molecule has 0 bridgehead atoms. The SMILES string of the molecule is CC(CCCNC(CC1CCCCC1)C(=O)CSCc1ccco1)N(C)C(=O)COc1ccccc1. The molecule has 0 radical (unpaired) electrons. The number of hydrogen-bond acceptors (Lipinski definition) is 6. The molecule has 0 spiro atoms. The molecular formula is C29H42N2O4S. The summed E-state index contributed by atoms with van der Waals surface area (Å²) in [7, 11) is 1.83. The Morgan fingerprint density at radius 3 is 2.64 bits per heavy atom. The second-order valence-corrected chi connectivity index (χ2v) is 10.9. The zero-order chi connectivity index (χ0) is 25.6. The van der Waals surface area contributed by atoms with E-state index in [0.717, 1.165) is 37.3 Å². The summed E-state index contributed by atoms with van der Waals surface area (Å²) in [6.45, 7) is 2.88. The number of amides is 1. The number of rotatable bonds is 16. The average molecular weight is 515 g/mol. The van der Waals surface area contributed by atoms with Crippen molar-refractivity contribution in [2.45, 2.75) is 76.1 Å². The molecule has 36 heavy (non-hydrogen) atoms. The fourth-order valence-electron chi connectivity index (χ4n) is 4.71. The van der Waals surface area contributed by atoms with Crippen LogP contribution in [0.15, 0.2) is 53.1 Å². The van der Waals surface area contributed by atoms with Crippen LogP contribution in [-0.2, 0) is 15.3 Å². The van der Waals surface area contributed by atoms with Crippen LogP contribution in [0.4, 0.5) is 0 Å². The zero-order valence-electron chi connectivity index (χ0n) is 21.8. The van der Waals surface area contributed by atoms with Crippen molar-refractivity contribution < 1.29 is 18.7 Å². The number of hydrogen-bond donors (Lipinski definition) is 1. The largest absolute Gasteiger partial charge is 0.484 e. The van der Waals surface area contributed by atoms with Gasteiger partial charge in [0.1, 0.15) is 11.5 Å². The van der Waals surface area contributed by atoms with Gasteiger partial charge < -0.3 is 19.4 Å². The summed E-state index contributed by atoms with van der Waals surface area (Å²) in [5, 5.41) is 3.57. The lowest BCUT2D eigenvalue weighted by atomic mass is 9.84. The molecule has 1 aromatic carbocycles. The van der Waals surface area contributed by atoms with E-state index in [2.05, 4.69) is 12.2 Å². The molecule has 2 atom stereocenters. The number of likely N-dealkylation sites (N-methyl/N-ethyl adjacent to an activating group) is 1. The second-order valence-electron chi connectivity index (χ2n) is 9.88. The van der Waals surface area contributed by atoms with Gasteiger partial charge in [0, 0.05) is 13.1 Å². The third-order valence-corrected chi connectivity index (χ3v) is 8.08. The van der Waals surface area contributed by atoms with Gasteiger partial charge in [0.15, 0.2) is 12.4 Å². The summed E-state index contributed by atoms with van der Waals surface area (Å²) in [5.41, 5.74) is 0. The van der Waals surface area contributed by atoms with Gasteiger partial charge >= 0.3 is 0 Å². The monoisotopic (exact) mass is 514 g/mol. The molecule has 1 saturated carbocycles. The number of ketones is 1. The Morgan fingerprint density at radius 1 is 1.14 bits per heavy atom. The maximum atomic E-state index is 13.1. The van der Waals surface area contributed by atoms with Gasteiger partial charge in [0.25, 0.3) is 5.91 Å². The summed E-state index contributed by atoms with van der Waals surface area (Å²) >= 11 is 1.62. The number of carbonyl (C=O) groups is 2. The standard InChI is InChI=1S/C29H42N2O4S/c1-23(31(2)29(33)20-35-25-14-7-4-8-15-25)11-9-17-30-27(19-24-12-5-3-6-13-24)28(32)22-36-21-26-16-10-18-34-26/h4,7-8,10,14-16,18,23-24,27,30H,3,5-6,9,11-13,17,19-22H2,1-2H3. The molecule has 1 aliphatic carbocycles. The minimum atomic E-state index is -0.0915. The molecule has 1 N–H and O–H groups in total. The number of ether oxygens (including phenoxy) is 1. The van der Waals surface area contributed by atoms with Gasteiger partial charge in [-0.2, -0.15) is 0 Å². The molecule has 2 unspecified atom stereocenters. The Labute approximate surface area is 220 Å². The van der Waals surface area contributed by atoms with Crippen molar-refractivity contribution >= 4 is 23.5 Å². The van der Waals surface area contributed by atoms with Gasteiger partial charge in [0.2, 0.25) is 0 Å². The highest BCUT2D eigenvalue weighted by molar-refractivity contribution is 7.99. The van der Waals surface area contributed by atoms with Crippen LogP contribution in [0.5, 0.6) is 5.75 Å². The fourth-order valence-corrected chi connectivity index (χ4v) is 5.58. The number of furan rings is 1. The van der Waals surface area contributed by atoms with E-state index in [1.54, 1.807) is 22.9 Å². The highest BCUT2D eigenvalue weighted by atomic mass is 32.2. The molecule has 0 aliphatic heterocycles. The summed E-state index contributed by atoms with van der Waals surface area (Å²) in [6.07, 6.45) is 10.8. The van der Waals surface area contributed by atoms with Crippen LogP contribution in [0.25, 0.3) is 0 Å². The van der Waals surface area contributed by atoms with Crippen molar-refractivity contribution in [1.82, 2.24) is 10.2 Å². The number of para-hydroxylation sites is 1. The first-order valence-electron chi connectivity index (χ1n) is 13.3. The van der Waals surface area contributed by atoms with Crippen LogP contribution in [0.3, 0.4) is 0 Å². The van der Waals surface area contributed by atoms with E-state index in [9.17, 15) is 9.59 Å². The van der Waals surface area contributed by atoms with E-state index in [1.165, 1.54) is 32.1 Å². The molecule has 1 aliphatic rings. The predicted octanol–water partition coefficient (Wildman–Crippen LogP) is 5.72. The molecule has 1 heterocycles. The van der Waals surface area contributed by atoms with Crippen molar-refractivity contribution in [2.75, 3.05) is 26.0 Å². The zero-order valence-corrected chi connectivity index (χ0v) is 22.6. The number of benzene rings is 1. The van der Waals surface area contributed by atoms with E-state index in [-0.39, 0.29) is 30.4 Å². The first-order chi connectivity index (χ1) is 17.5. The van der Waals surface area contributed by atoms with Crippen molar-refractivity contribution in [3.8, 4) is 5.75 Å². The summed E-state index contributed by atoms with van der Waals surface area (Å²) in [6, 6.07) is 13.3. The van der Waals surface area contributed by atoms with Crippen molar-refractivity contribution in [3.63, 3.8) is 0 Å². The molecule has 6 nitrogen and oxygen atoms in total. The van der Waals surface area contributed by atoms with E-state index < -0.39 is 0 Å². The Morgan fingerprint density at radius 2 is 1.92 bits per heavy atom. The maximum Gasteiger partial charge on any atom is 0.260 e. The maximum absolute atomic E-state index is 13.1. The van der Waals surface area contributed by atoms with Crippen molar-refractivity contribution in [1.29, 1.82) is 0 Å². The molecule has 0 saturated heterocycles. The van der Waals surface area contributed by atoms with Crippen LogP contribution in [-0.4, -0.2) is 54.6 Å². The summed E-state index contributed by atoms with van der Waals surface area (Å²) < 4.78 is 11.0. The molecule has 7 heteroatoms. The Kier molecular flexibility index (Phi) is 12.4. The molecule has 3 rings (SSSR count). The van der Waals surface area contributed by atoms with E-state index in [4.69, 9.17) is 9.15 Å². The smallest absolute Gasteiger partial charge is 0.260 e. The predicted molar refractivity (Wildman–Crippen MR) is 146 cm³/mol. The van der Waals surface area contributed by atoms with Crippen LogP contribution < -0.4 is 10.1 Å². The van der Waals surface area contributed by atoms with Crippen LogP contribution in [0.1, 0.15) is 64.1 Å².